The van der Waals surface area contributed by atoms with Gasteiger partial charge < -0.3 is 25.3 Å². The van der Waals surface area contributed by atoms with Gasteiger partial charge in [-0.2, -0.15) is 4.99 Å². The van der Waals surface area contributed by atoms with E-state index < -0.39 is 11.5 Å². The summed E-state index contributed by atoms with van der Waals surface area (Å²) in [5.74, 6) is -0.317. The summed E-state index contributed by atoms with van der Waals surface area (Å²) in [5.41, 5.74) is 5.08. The number of H-pyrrole nitrogens is 1. The number of rotatable bonds is 7. The Hall–Kier alpha value is -2.52. The highest BCUT2D eigenvalue weighted by Crippen LogP contribution is 2.33. The average Bonchev–Trinajstić information content (AvgIpc) is 3.41. The van der Waals surface area contributed by atoms with Gasteiger partial charge >= 0.3 is 5.97 Å². The third-order valence-electron chi connectivity index (χ3n) is 5.94. The molecule has 1 aliphatic heterocycles. The molecule has 1 saturated heterocycles. The number of carbonyl (C=O) groups is 2. The number of amidine groups is 1. The van der Waals surface area contributed by atoms with E-state index in [1.807, 2.05) is 6.07 Å². The molecule has 32 heavy (non-hydrogen) atoms. The van der Waals surface area contributed by atoms with Gasteiger partial charge in [0.1, 0.15) is 12.2 Å². The molecule has 0 bridgehead atoms. The zero-order valence-electron chi connectivity index (χ0n) is 18.9. The molecule has 4 N–H and O–H groups in total. The quantitative estimate of drug-likeness (QED) is 0.334. The highest BCUT2D eigenvalue weighted by molar-refractivity contribution is 6.08. The largest absolute Gasteiger partial charge is 0.463 e. The van der Waals surface area contributed by atoms with Crippen LogP contribution in [0.2, 0.25) is 0 Å². The van der Waals surface area contributed by atoms with Gasteiger partial charge in [-0.3, -0.25) is 9.59 Å². The van der Waals surface area contributed by atoms with Gasteiger partial charge in [0.25, 0.3) is 5.91 Å². The predicted octanol–water partition coefficient (Wildman–Crippen LogP) is 2.78. The minimum absolute atomic E-state index is 0.0806. The summed E-state index contributed by atoms with van der Waals surface area (Å²) < 4.78 is 11.5. The molecule has 1 amide bonds. The predicted molar refractivity (Wildman–Crippen MR) is 120 cm³/mol. The molecule has 3 rings (SSSR count). The van der Waals surface area contributed by atoms with Gasteiger partial charge in [0.15, 0.2) is 5.84 Å². The monoisotopic (exact) mass is 446 g/mol. The van der Waals surface area contributed by atoms with Crippen LogP contribution in [-0.4, -0.2) is 52.5 Å². The number of hydrogen-bond acceptors (Lipinski definition) is 5. The fourth-order valence-corrected chi connectivity index (χ4v) is 4.12. The van der Waals surface area contributed by atoms with Crippen molar-refractivity contribution in [1.29, 1.82) is 0 Å². The molecule has 9 heteroatoms. The van der Waals surface area contributed by atoms with E-state index in [-0.39, 0.29) is 30.6 Å². The minimum Gasteiger partial charge on any atom is -0.463 e. The summed E-state index contributed by atoms with van der Waals surface area (Å²) in [7, 11) is 0. The summed E-state index contributed by atoms with van der Waals surface area (Å²) in [6.07, 6.45) is 8.70. The van der Waals surface area contributed by atoms with E-state index in [4.69, 9.17) is 15.2 Å². The summed E-state index contributed by atoms with van der Waals surface area (Å²) in [6.45, 7) is 2.98. The molecule has 1 aliphatic carbocycles. The second-order valence-corrected chi connectivity index (χ2v) is 9.12. The van der Waals surface area contributed by atoms with Crippen LogP contribution in [0.4, 0.5) is 0 Å². The number of ether oxygens (including phenoxy) is 2. The lowest BCUT2D eigenvalue weighted by molar-refractivity contribution is -0.149. The van der Waals surface area contributed by atoms with Crippen LogP contribution in [0.15, 0.2) is 22.1 Å². The van der Waals surface area contributed by atoms with E-state index in [9.17, 15) is 14.7 Å². The first-order valence-electron chi connectivity index (χ1n) is 11.4. The molecule has 1 aromatic heterocycles. The lowest BCUT2D eigenvalue weighted by Crippen LogP contribution is -2.30. The van der Waals surface area contributed by atoms with Crippen molar-refractivity contribution >= 4 is 24.1 Å². The van der Waals surface area contributed by atoms with Crippen molar-refractivity contribution in [2.24, 2.45) is 21.6 Å². The minimum atomic E-state index is -1.61. The normalized spacial score (nSPS) is 23.0. The fraction of sp³-hybridized carbons (Fsp3) is 0.652. The molecule has 0 spiro atoms. The fourth-order valence-electron chi connectivity index (χ4n) is 4.12. The summed E-state index contributed by atoms with van der Waals surface area (Å²) in [6, 6.07) is 3.58. The van der Waals surface area contributed by atoms with Crippen molar-refractivity contribution in [3.8, 4) is 0 Å². The number of nitrogens with two attached hydrogens (primary N) is 1. The number of nitrogens with zero attached hydrogens (tertiary/aromatic N) is 2. The third kappa shape index (κ3) is 6.74. The molecular weight excluding hydrogens is 412 g/mol. The Labute approximate surface area is 188 Å². The lowest BCUT2D eigenvalue weighted by Gasteiger charge is -2.21. The Bertz CT molecular complexity index is 849. The topological polar surface area (TPSA) is 139 Å². The second kappa shape index (κ2) is 10.9. The summed E-state index contributed by atoms with van der Waals surface area (Å²) in [4.78, 5) is 35.2. The SMILES string of the molecule is CC(C)(O)C(=O)N=C(N=CN)c1ccc(C2CCC(COC(=O)CC3CCCCC3)O2)[nH]1. The van der Waals surface area contributed by atoms with Crippen LogP contribution < -0.4 is 5.73 Å². The third-order valence-corrected chi connectivity index (χ3v) is 5.94. The van der Waals surface area contributed by atoms with E-state index in [1.54, 1.807) is 6.07 Å². The Morgan fingerprint density at radius 3 is 2.69 bits per heavy atom. The first-order chi connectivity index (χ1) is 15.3. The molecule has 2 fully saturated rings. The van der Waals surface area contributed by atoms with Gasteiger partial charge in [0.05, 0.1) is 24.2 Å². The van der Waals surface area contributed by atoms with E-state index in [0.29, 0.717) is 18.0 Å². The maximum absolute atomic E-state index is 12.2. The smallest absolute Gasteiger partial charge is 0.306 e. The molecule has 2 unspecified atom stereocenters. The van der Waals surface area contributed by atoms with Crippen molar-refractivity contribution < 1.29 is 24.2 Å². The van der Waals surface area contributed by atoms with Gasteiger partial charge in [-0.05, 0) is 57.6 Å². The number of nitrogens with one attached hydrogen (secondary N) is 1. The Balaban J connectivity index is 1.53. The Morgan fingerprint density at radius 1 is 1.25 bits per heavy atom. The van der Waals surface area contributed by atoms with E-state index in [2.05, 4.69) is 15.0 Å². The van der Waals surface area contributed by atoms with E-state index in [1.165, 1.54) is 33.1 Å². The van der Waals surface area contributed by atoms with E-state index >= 15 is 0 Å². The highest BCUT2D eigenvalue weighted by atomic mass is 16.6. The van der Waals surface area contributed by atoms with Crippen LogP contribution in [0.1, 0.15) is 82.7 Å². The number of amides is 1. The molecular formula is C23H34N4O5. The molecule has 176 valence electrons. The van der Waals surface area contributed by atoms with Crippen molar-refractivity contribution in [1.82, 2.24) is 4.98 Å². The summed E-state index contributed by atoms with van der Waals surface area (Å²) >= 11 is 0. The molecule has 1 saturated carbocycles. The standard InChI is InChI=1S/C23H34N4O5/c1-23(2,30)22(29)27-21(25-14-24)18-10-9-17(26-18)19-11-8-16(32-19)13-31-20(28)12-15-6-4-3-5-7-15/h9-10,14-16,19,26,30H,3-8,11-13H2,1-2H3,(H2,24,25,27,29). The molecule has 1 aromatic rings. The van der Waals surface area contributed by atoms with Gasteiger partial charge in [-0.25, -0.2) is 4.99 Å². The van der Waals surface area contributed by atoms with Crippen LogP contribution in [0.5, 0.6) is 0 Å². The zero-order chi connectivity index (χ0) is 23.1. The van der Waals surface area contributed by atoms with Crippen LogP contribution in [0.25, 0.3) is 0 Å². The molecule has 2 atom stereocenters. The second-order valence-electron chi connectivity index (χ2n) is 9.12. The van der Waals surface area contributed by atoms with Gasteiger partial charge in [-0.15, -0.1) is 0 Å². The average molecular weight is 447 g/mol. The maximum Gasteiger partial charge on any atom is 0.306 e. The molecule has 0 aromatic carbocycles. The number of carbonyl (C=O) groups excluding carboxylic acids is 2. The van der Waals surface area contributed by atoms with Crippen molar-refractivity contribution in [2.45, 2.75) is 83.0 Å². The number of aromatic amines is 1. The first kappa shape index (κ1) is 24.1. The molecule has 9 nitrogen and oxygen atoms in total. The maximum atomic E-state index is 12.2. The number of hydrogen-bond donors (Lipinski definition) is 3. The van der Waals surface area contributed by atoms with Gasteiger partial charge in [0.2, 0.25) is 0 Å². The van der Waals surface area contributed by atoms with Crippen LogP contribution in [0, 0.1) is 5.92 Å². The first-order valence-corrected chi connectivity index (χ1v) is 11.4. The lowest BCUT2D eigenvalue weighted by atomic mass is 9.87. The Kier molecular flexibility index (Phi) is 8.20. The summed E-state index contributed by atoms with van der Waals surface area (Å²) in [5, 5.41) is 9.83. The van der Waals surface area contributed by atoms with Crippen LogP contribution in [-0.2, 0) is 19.1 Å². The van der Waals surface area contributed by atoms with Crippen molar-refractivity contribution in [3.05, 3.63) is 23.5 Å². The number of aliphatic imine (C=N–C) groups is 2. The zero-order valence-corrected chi connectivity index (χ0v) is 18.9. The van der Waals surface area contributed by atoms with Gasteiger partial charge in [-0.1, -0.05) is 19.3 Å². The number of aromatic nitrogens is 1. The number of esters is 1. The number of aliphatic hydroxyl groups is 1. The molecule has 2 heterocycles. The highest BCUT2D eigenvalue weighted by Gasteiger charge is 2.30. The van der Waals surface area contributed by atoms with E-state index in [0.717, 1.165) is 37.7 Å². The molecule has 0 radical (unpaired) electrons. The van der Waals surface area contributed by atoms with Crippen molar-refractivity contribution in [3.63, 3.8) is 0 Å². The van der Waals surface area contributed by atoms with Gasteiger partial charge in [0, 0.05) is 12.1 Å². The van der Waals surface area contributed by atoms with Crippen LogP contribution >= 0.6 is 0 Å². The molecule has 2 aliphatic rings. The van der Waals surface area contributed by atoms with Crippen molar-refractivity contribution in [2.75, 3.05) is 6.61 Å². The Morgan fingerprint density at radius 2 is 2.00 bits per heavy atom. The van der Waals surface area contributed by atoms with Crippen LogP contribution in [0.3, 0.4) is 0 Å².